The lowest BCUT2D eigenvalue weighted by atomic mass is 9.98. The van der Waals surface area contributed by atoms with E-state index in [0.29, 0.717) is 0 Å². The Hall–Kier alpha value is -2.06. The molecule has 9 heteroatoms. The molecule has 0 spiro atoms. The molecule has 2 aromatic carbocycles. The molecule has 0 unspecified atom stereocenters. The van der Waals surface area contributed by atoms with Crippen LogP contribution in [0, 0.1) is 11.6 Å². The first-order valence-corrected chi connectivity index (χ1v) is 5.97. The monoisotopic (exact) mass is 355 g/mol. The number of aromatic hydroxyl groups is 1. The highest BCUT2D eigenvalue weighted by molar-refractivity contribution is 5.85. The topological polar surface area (TPSA) is 55.5 Å². The van der Waals surface area contributed by atoms with Crippen LogP contribution < -0.4 is 10.5 Å². The lowest BCUT2D eigenvalue weighted by Gasteiger charge is -2.16. The van der Waals surface area contributed by atoms with E-state index in [9.17, 15) is 27.1 Å². The molecule has 126 valence electrons. The first-order chi connectivity index (χ1) is 10.2. The Bertz CT molecular complexity index is 676. The fourth-order valence-corrected chi connectivity index (χ4v) is 1.90. The summed E-state index contributed by atoms with van der Waals surface area (Å²) in [4.78, 5) is 0. The van der Waals surface area contributed by atoms with Crippen LogP contribution in [0.4, 0.5) is 22.0 Å². The molecule has 0 aromatic heterocycles. The largest absolute Gasteiger partial charge is 0.573 e. The van der Waals surface area contributed by atoms with Crippen LogP contribution in [0.3, 0.4) is 0 Å². The van der Waals surface area contributed by atoms with E-state index in [1.165, 1.54) is 0 Å². The van der Waals surface area contributed by atoms with Crippen molar-refractivity contribution >= 4 is 12.4 Å². The second kappa shape index (κ2) is 7.01. The minimum atomic E-state index is -4.84. The zero-order chi connectivity index (χ0) is 16.5. The number of halogens is 6. The van der Waals surface area contributed by atoms with E-state index in [1.807, 2.05) is 0 Å². The van der Waals surface area contributed by atoms with E-state index in [1.54, 1.807) is 0 Å². The maximum Gasteiger partial charge on any atom is 0.573 e. The molecule has 0 aliphatic rings. The van der Waals surface area contributed by atoms with Gasteiger partial charge in [-0.15, -0.1) is 25.6 Å². The predicted molar refractivity (Wildman–Crippen MR) is 74.4 cm³/mol. The molecule has 0 radical (unpaired) electrons. The number of ether oxygens (including phenoxy) is 1. The Morgan fingerprint density at radius 2 is 1.48 bits per heavy atom. The third kappa shape index (κ3) is 4.46. The molecule has 1 atom stereocenters. The van der Waals surface area contributed by atoms with Crippen molar-refractivity contribution in [1.29, 1.82) is 0 Å². The van der Waals surface area contributed by atoms with Gasteiger partial charge in [0.1, 0.15) is 11.6 Å². The normalized spacial score (nSPS) is 12.4. The average Bonchev–Trinajstić information content (AvgIpc) is 2.42. The van der Waals surface area contributed by atoms with Gasteiger partial charge in [0, 0.05) is 0 Å². The smallest absolute Gasteiger partial charge is 0.505 e. The molecule has 0 saturated heterocycles. The molecule has 23 heavy (non-hydrogen) atoms. The molecule has 0 heterocycles. The first-order valence-electron chi connectivity index (χ1n) is 5.97. The van der Waals surface area contributed by atoms with Gasteiger partial charge >= 0.3 is 6.36 Å². The molecule has 3 nitrogen and oxygen atoms in total. The molecule has 0 aliphatic carbocycles. The van der Waals surface area contributed by atoms with Crippen molar-refractivity contribution in [1.82, 2.24) is 0 Å². The van der Waals surface area contributed by atoms with Crippen molar-refractivity contribution in [3.63, 3.8) is 0 Å². The zero-order valence-electron chi connectivity index (χ0n) is 11.3. The highest BCUT2D eigenvalue weighted by Gasteiger charge is 2.31. The van der Waals surface area contributed by atoms with E-state index in [0.717, 1.165) is 36.4 Å². The number of phenolic OH excluding ortho intramolecular Hbond substituents is 1. The van der Waals surface area contributed by atoms with Crippen molar-refractivity contribution in [3.05, 3.63) is 59.2 Å². The quantitative estimate of drug-likeness (QED) is 0.817. The fraction of sp³-hybridized carbons (Fsp3) is 0.143. The second-order valence-electron chi connectivity index (χ2n) is 4.39. The van der Waals surface area contributed by atoms with Crippen LogP contribution >= 0.6 is 12.4 Å². The Labute approximate surface area is 133 Å². The van der Waals surface area contributed by atoms with Crippen molar-refractivity contribution < 1.29 is 31.8 Å². The number of phenols is 1. The van der Waals surface area contributed by atoms with E-state index in [2.05, 4.69) is 4.74 Å². The molecule has 0 fully saturated rings. The first kappa shape index (κ1) is 19.0. The summed E-state index contributed by atoms with van der Waals surface area (Å²) in [6, 6.07) is 4.57. The molecule has 0 aliphatic heterocycles. The highest BCUT2D eigenvalue weighted by atomic mass is 35.5. The molecule has 0 saturated carbocycles. The van der Waals surface area contributed by atoms with Gasteiger partial charge in [0.05, 0.1) is 11.6 Å². The summed E-state index contributed by atoms with van der Waals surface area (Å²) in [7, 11) is 0. The molecule has 3 N–H and O–H groups in total. The van der Waals surface area contributed by atoms with Gasteiger partial charge in [-0.2, -0.15) is 0 Å². The van der Waals surface area contributed by atoms with Crippen LogP contribution in [0.25, 0.3) is 0 Å². The predicted octanol–water partition coefficient (Wildman–Crippen LogP) is 4.04. The van der Waals surface area contributed by atoms with Crippen molar-refractivity contribution in [2.75, 3.05) is 0 Å². The number of hydrogen-bond acceptors (Lipinski definition) is 3. The maximum atomic E-state index is 13.7. The van der Waals surface area contributed by atoms with Gasteiger partial charge in [0.2, 0.25) is 0 Å². The highest BCUT2D eigenvalue weighted by Crippen LogP contribution is 2.33. The van der Waals surface area contributed by atoms with Crippen LogP contribution in [0.1, 0.15) is 17.2 Å². The van der Waals surface area contributed by atoms with Crippen molar-refractivity contribution in [2.24, 2.45) is 5.73 Å². The van der Waals surface area contributed by atoms with Gasteiger partial charge in [-0.1, -0.05) is 12.1 Å². The molecule has 0 amide bonds. The lowest BCUT2D eigenvalue weighted by molar-refractivity contribution is -0.274. The Kier molecular flexibility index (Phi) is 5.79. The minimum Gasteiger partial charge on any atom is -0.505 e. The zero-order valence-corrected chi connectivity index (χ0v) is 12.1. The number of nitrogens with two attached hydrogens (primary N) is 1. The lowest BCUT2D eigenvalue weighted by Crippen LogP contribution is -2.17. The Morgan fingerprint density at radius 3 is 2.00 bits per heavy atom. The number of hydrogen-bond donors (Lipinski definition) is 2. The maximum absolute atomic E-state index is 13.7. The van der Waals surface area contributed by atoms with Crippen LogP contribution in [0.15, 0.2) is 36.4 Å². The Balaban J connectivity index is 0.00000264. The third-order valence-electron chi connectivity index (χ3n) is 2.90. The second-order valence-corrected chi connectivity index (χ2v) is 4.39. The van der Waals surface area contributed by atoms with E-state index in [4.69, 9.17) is 5.73 Å². The number of rotatable bonds is 3. The molecular formula is C14H11ClF5NO2. The van der Waals surface area contributed by atoms with Gasteiger partial charge in [-0.3, -0.25) is 0 Å². The van der Waals surface area contributed by atoms with E-state index in [-0.39, 0.29) is 18.0 Å². The van der Waals surface area contributed by atoms with Crippen molar-refractivity contribution in [3.8, 4) is 11.5 Å². The summed E-state index contributed by atoms with van der Waals surface area (Å²) in [6.45, 7) is 0. The SMILES string of the molecule is Cl.N[C@@H](c1ccc(OC(F)(F)F)cc1)c1c(F)ccc(F)c1O. The summed E-state index contributed by atoms with van der Waals surface area (Å²) in [5.74, 6) is -3.40. The van der Waals surface area contributed by atoms with Gasteiger partial charge in [0.15, 0.2) is 11.6 Å². The third-order valence-corrected chi connectivity index (χ3v) is 2.90. The number of alkyl halides is 3. The summed E-state index contributed by atoms with van der Waals surface area (Å²) in [5.41, 5.74) is 5.43. The summed E-state index contributed by atoms with van der Waals surface area (Å²) >= 11 is 0. The van der Waals surface area contributed by atoms with Crippen LogP contribution in [0.5, 0.6) is 11.5 Å². The molecule has 0 bridgehead atoms. The van der Waals surface area contributed by atoms with Gasteiger partial charge in [-0.25, -0.2) is 8.78 Å². The van der Waals surface area contributed by atoms with E-state index >= 15 is 0 Å². The van der Waals surface area contributed by atoms with Crippen LogP contribution in [-0.2, 0) is 0 Å². The van der Waals surface area contributed by atoms with Gasteiger partial charge < -0.3 is 15.6 Å². The fourth-order valence-electron chi connectivity index (χ4n) is 1.90. The average molecular weight is 356 g/mol. The number of benzene rings is 2. The van der Waals surface area contributed by atoms with Gasteiger partial charge in [0.25, 0.3) is 0 Å². The van der Waals surface area contributed by atoms with E-state index < -0.39 is 41.1 Å². The van der Waals surface area contributed by atoms with Gasteiger partial charge in [-0.05, 0) is 29.8 Å². The molecule has 2 aromatic rings. The van der Waals surface area contributed by atoms with Crippen LogP contribution in [0.2, 0.25) is 0 Å². The Morgan fingerprint density at radius 1 is 0.957 bits per heavy atom. The summed E-state index contributed by atoms with van der Waals surface area (Å²) in [6.07, 6.45) is -4.84. The summed E-state index contributed by atoms with van der Waals surface area (Å²) < 4.78 is 66.8. The van der Waals surface area contributed by atoms with Crippen molar-refractivity contribution in [2.45, 2.75) is 12.4 Å². The summed E-state index contributed by atoms with van der Waals surface area (Å²) in [5, 5.41) is 9.55. The minimum absolute atomic E-state index is 0. The standard InChI is InChI=1S/C14H10F5NO2.ClH/c15-9-5-6-10(16)13(21)11(9)12(20)7-1-3-8(4-2-7)22-14(17,18)19;/h1-6,12,21H,20H2;1H/t12-;/m0./s1. The van der Waals surface area contributed by atoms with Crippen LogP contribution in [-0.4, -0.2) is 11.5 Å². The molecular weight excluding hydrogens is 345 g/mol. The molecule has 2 rings (SSSR count).